The highest BCUT2D eigenvalue weighted by molar-refractivity contribution is 7.90. The molecule has 0 fully saturated rings. The van der Waals surface area contributed by atoms with E-state index in [4.69, 9.17) is 16.3 Å². The van der Waals surface area contributed by atoms with Crippen molar-refractivity contribution >= 4 is 33.0 Å². The lowest BCUT2D eigenvalue weighted by molar-refractivity contribution is 0.0908. The summed E-state index contributed by atoms with van der Waals surface area (Å²) in [5, 5.41) is 4.11. The molecule has 1 heterocycles. The van der Waals surface area contributed by atoms with E-state index in [-0.39, 0.29) is 39.3 Å². The van der Waals surface area contributed by atoms with Crippen molar-refractivity contribution in [1.29, 1.82) is 0 Å². The van der Waals surface area contributed by atoms with Crippen molar-refractivity contribution in [2.45, 2.75) is 18.7 Å². The number of ketones is 2. The zero-order chi connectivity index (χ0) is 22.9. The number of halogens is 1. The first kappa shape index (κ1) is 22.7. The number of hydrogen-bond acceptors (Lipinski definition) is 6. The van der Waals surface area contributed by atoms with Crippen molar-refractivity contribution in [2.75, 3.05) is 12.9 Å². The van der Waals surface area contributed by atoms with Gasteiger partial charge < -0.3 is 4.74 Å². The number of aromatic nitrogens is 2. The van der Waals surface area contributed by atoms with Gasteiger partial charge in [-0.2, -0.15) is 5.10 Å². The number of sulfone groups is 1. The number of benzene rings is 2. The van der Waals surface area contributed by atoms with Crippen LogP contribution in [0.25, 0.3) is 0 Å². The third-order valence-electron chi connectivity index (χ3n) is 4.81. The van der Waals surface area contributed by atoms with Crippen molar-refractivity contribution in [3.8, 4) is 5.88 Å². The van der Waals surface area contributed by atoms with E-state index in [1.54, 1.807) is 51.2 Å². The smallest absolute Gasteiger partial charge is 0.223 e. The molecule has 3 aromatic rings. The molecule has 31 heavy (non-hydrogen) atoms. The van der Waals surface area contributed by atoms with Crippen molar-refractivity contribution < 1.29 is 22.7 Å². The van der Waals surface area contributed by atoms with Gasteiger partial charge in [0, 0.05) is 24.4 Å². The fourth-order valence-electron chi connectivity index (χ4n) is 3.42. The summed E-state index contributed by atoms with van der Waals surface area (Å²) in [6.45, 7) is 2.89. The number of carbonyl (C=O) groups is 2. The molecule has 0 bridgehead atoms. The van der Waals surface area contributed by atoms with E-state index in [0.717, 1.165) is 6.26 Å². The molecule has 0 radical (unpaired) electrons. The fourth-order valence-corrected chi connectivity index (χ4v) is 5.01. The van der Waals surface area contributed by atoms with Gasteiger partial charge in [-0.25, -0.2) is 13.1 Å². The molecule has 7 nitrogen and oxygen atoms in total. The molecule has 3 rings (SSSR count). The Morgan fingerprint density at radius 2 is 1.77 bits per heavy atom. The van der Waals surface area contributed by atoms with Gasteiger partial charge in [0.05, 0.1) is 16.1 Å². The highest BCUT2D eigenvalue weighted by atomic mass is 35.5. The summed E-state index contributed by atoms with van der Waals surface area (Å²) < 4.78 is 31.2. The fraction of sp³-hybridized carbons (Fsp3) is 0.227. The Hall–Kier alpha value is -2.97. The van der Waals surface area contributed by atoms with Crippen LogP contribution in [0.15, 0.2) is 47.5 Å². The molecule has 0 spiro atoms. The van der Waals surface area contributed by atoms with Gasteiger partial charge in [0.1, 0.15) is 5.56 Å². The molecule has 2 aromatic carbocycles. The van der Waals surface area contributed by atoms with E-state index in [0.29, 0.717) is 16.7 Å². The maximum atomic E-state index is 13.2. The second-order valence-electron chi connectivity index (χ2n) is 7.18. The number of aryl methyl sites for hydroxylation is 2. The lowest BCUT2D eigenvalue weighted by atomic mass is 10.0. The maximum Gasteiger partial charge on any atom is 0.223 e. The van der Waals surface area contributed by atoms with Crippen LogP contribution >= 0.6 is 11.6 Å². The first-order valence-corrected chi connectivity index (χ1v) is 11.6. The Bertz CT molecular complexity index is 1280. The summed E-state index contributed by atoms with van der Waals surface area (Å²) in [5.74, 6) is -0.609. The lowest BCUT2D eigenvalue weighted by Gasteiger charge is -2.14. The average Bonchev–Trinajstić information content (AvgIpc) is 3.08. The molecule has 0 saturated heterocycles. The van der Waals surface area contributed by atoms with E-state index in [9.17, 15) is 18.0 Å². The van der Waals surface area contributed by atoms with E-state index in [1.807, 2.05) is 0 Å². The summed E-state index contributed by atoms with van der Waals surface area (Å²) in [7, 11) is -1.93. The van der Waals surface area contributed by atoms with Crippen LogP contribution in [0.3, 0.4) is 0 Å². The number of carbonyl (C=O) groups excluding carboxylic acids is 2. The van der Waals surface area contributed by atoms with Gasteiger partial charge in [-0.05, 0) is 31.0 Å². The Morgan fingerprint density at radius 1 is 1.13 bits per heavy atom. The first-order valence-electron chi connectivity index (χ1n) is 9.30. The molecule has 0 saturated carbocycles. The minimum atomic E-state index is -3.52. The predicted octanol–water partition coefficient (Wildman–Crippen LogP) is 3.59. The molecule has 0 aliphatic heterocycles. The molecule has 0 atom stereocenters. The van der Waals surface area contributed by atoms with E-state index in [1.165, 1.54) is 16.9 Å². The number of nitrogens with zero attached hydrogens (tertiary/aromatic N) is 2. The molecular weight excluding hydrogens is 440 g/mol. The minimum Gasteiger partial charge on any atom is -0.469 e. The van der Waals surface area contributed by atoms with Crippen molar-refractivity contribution in [3.05, 3.63) is 75.4 Å². The number of rotatable bonds is 7. The quantitative estimate of drug-likeness (QED) is 0.500. The predicted molar refractivity (Wildman–Crippen MR) is 117 cm³/mol. The number of hydrogen-bond donors (Lipinski definition) is 0. The second-order valence-corrected chi connectivity index (χ2v) is 9.51. The van der Waals surface area contributed by atoms with E-state index in [2.05, 4.69) is 5.10 Å². The van der Waals surface area contributed by atoms with Crippen LogP contribution in [0.2, 0.25) is 5.02 Å². The van der Waals surface area contributed by atoms with Gasteiger partial charge in [0.15, 0.2) is 22.2 Å². The Morgan fingerprint density at radius 3 is 2.39 bits per heavy atom. The standard InChI is InChI=1S/C22H21ClN2O5S/c1-13-10-16(19(23)14(2)21(13)31(4,28)29)20(27)17-11-24-25(3)22(17)30-12-18(26)15-8-6-5-7-9-15/h5-11H,12H2,1-4H3. The highest BCUT2D eigenvalue weighted by Crippen LogP contribution is 2.33. The van der Waals surface area contributed by atoms with Gasteiger partial charge in [-0.15, -0.1) is 0 Å². The van der Waals surface area contributed by atoms with Crippen molar-refractivity contribution in [3.63, 3.8) is 0 Å². The van der Waals surface area contributed by atoms with Crippen LogP contribution in [-0.4, -0.2) is 42.6 Å². The largest absolute Gasteiger partial charge is 0.469 e. The molecule has 0 N–H and O–H groups in total. The van der Waals surface area contributed by atoms with Crippen LogP contribution in [0.5, 0.6) is 5.88 Å². The third-order valence-corrected chi connectivity index (χ3v) is 6.66. The van der Waals surface area contributed by atoms with Gasteiger partial charge >= 0.3 is 0 Å². The highest BCUT2D eigenvalue weighted by Gasteiger charge is 2.26. The molecular formula is C22H21ClN2O5S. The van der Waals surface area contributed by atoms with Crippen LogP contribution in [0.4, 0.5) is 0 Å². The molecule has 0 amide bonds. The summed E-state index contributed by atoms with van der Waals surface area (Å²) in [6.07, 6.45) is 2.42. The molecule has 0 aliphatic carbocycles. The van der Waals surface area contributed by atoms with Gasteiger partial charge in [0.2, 0.25) is 11.7 Å². The zero-order valence-corrected chi connectivity index (χ0v) is 19.0. The normalized spacial score (nSPS) is 11.4. The van der Waals surface area contributed by atoms with Gasteiger partial charge in [-0.3, -0.25) is 9.59 Å². The second kappa shape index (κ2) is 8.64. The Balaban J connectivity index is 1.95. The first-order chi connectivity index (χ1) is 14.5. The Labute approximate surface area is 185 Å². The van der Waals surface area contributed by atoms with Crippen LogP contribution in [-0.2, 0) is 16.9 Å². The summed E-state index contributed by atoms with van der Waals surface area (Å²) >= 11 is 6.38. The Kier molecular flexibility index (Phi) is 6.33. The summed E-state index contributed by atoms with van der Waals surface area (Å²) in [6, 6.07) is 10.1. The topological polar surface area (TPSA) is 95.3 Å². The van der Waals surface area contributed by atoms with Crippen molar-refractivity contribution in [2.24, 2.45) is 7.05 Å². The molecule has 0 unspecified atom stereocenters. The summed E-state index contributed by atoms with van der Waals surface area (Å²) in [4.78, 5) is 25.7. The third kappa shape index (κ3) is 4.55. The summed E-state index contributed by atoms with van der Waals surface area (Å²) in [5.41, 5.74) is 1.46. The van der Waals surface area contributed by atoms with Crippen molar-refractivity contribution in [1.82, 2.24) is 9.78 Å². The lowest BCUT2D eigenvalue weighted by Crippen LogP contribution is -2.15. The zero-order valence-electron chi connectivity index (χ0n) is 17.5. The number of Topliss-reactive ketones (excluding diaryl/α,β-unsaturated/α-hetero) is 1. The van der Waals surface area contributed by atoms with E-state index >= 15 is 0 Å². The van der Waals surface area contributed by atoms with Crippen LogP contribution < -0.4 is 4.74 Å². The monoisotopic (exact) mass is 460 g/mol. The maximum absolute atomic E-state index is 13.2. The van der Waals surface area contributed by atoms with Crippen LogP contribution in [0.1, 0.15) is 37.4 Å². The van der Waals surface area contributed by atoms with E-state index < -0.39 is 15.6 Å². The molecule has 162 valence electrons. The molecule has 0 aliphatic rings. The average molecular weight is 461 g/mol. The minimum absolute atomic E-state index is 0.0474. The molecule has 1 aromatic heterocycles. The molecule has 9 heteroatoms. The van der Waals surface area contributed by atoms with Gasteiger partial charge in [-0.1, -0.05) is 41.9 Å². The number of ether oxygens (including phenoxy) is 1. The van der Waals surface area contributed by atoms with Gasteiger partial charge in [0.25, 0.3) is 0 Å². The SMILES string of the molecule is Cc1cc(C(=O)c2cnn(C)c2OCC(=O)c2ccccc2)c(Cl)c(C)c1S(C)(=O)=O. The van der Waals surface area contributed by atoms with Crippen LogP contribution in [0, 0.1) is 13.8 Å².